The molecule has 0 fully saturated rings. The molecule has 0 spiro atoms. The van der Waals surface area contributed by atoms with E-state index in [9.17, 15) is 20.0 Å². The number of carbonyl (C=O) groups excluding carboxylic acids is 1. The third-order valence-electron chi connectivity index (χ3n) is 2.20. The fraction of sp³-hybridized carbons (Fsp3) is 0.273. The summed E-state index contributed by atoms with van der Waals surface area (Å²) in [6.45, 7) is 3.00. The van der Waals surface area contributed by atoms with Gasteiger partial charge in [0.05, 0.1) is 11.5 Å². The minimum absolute atomic E-state index is 0.174. The van der Waals surface area contributed by atoms with Crippen molar-refractivity contribution in [3.63, 3.8) is 0 Å². The summed E-state index contributed by atoms with van der Waals surface area (Å²) in [4.78, 5) is 20.1. The number of rotatable bonds is 6. The van der Waals surface area contributed by atoms with Crippen molar-refractivity contribution in [2.24, 2.45) is 5.92 Å². The van der Waals surface area contributed by atoms with Crippen LogP contribution >= 0.6 is 0 Å². The van der Waals surface area contributed by atoms with E-state index < -0.39 is 16.8 Å². The zero-order valence-electron chi connectivity index (χ0n) is 8.98. The van der Waals surface area contributed by atoms with Gasteiger partial charge >= 0.3 is 5.91 Å². The molecule has 1 N–H and O–H groups in total. The number of carbonyl (C=O) groups is 1. The molecule has 0 heterocycles. The number of hydrogen-bond donors (Lipinski definition) is 1. The van der Waals surface area contributed by atoms with Crippen molar-refractivity contribution in [3.8, 4) is 0 Å². The second kappa shape index (κ2) is 5.51. The predicted molar refractivity (Wildman–Crippen MR) is 58.1 cm³/mol. The summed E-state index contributed by atoms with van der Waals surface area (Å²) in [5.74, 6) is -4.29. The monoisotopic (exact) mass is 238 g/mol. The minimum Gasteiger partial charge on any atom is -0.306 e. The van der Waals surface area contributed by atoms with E-state index in [1.807, 2.05) is 0 Å². The van der Waals surface area contributed by atoms with E-state index in [0.717, 1.165) is 0 Å². The van der Waals surface area contributed by atoms with Gasteiger partial charge in [-0.2, -0.15) is 0 Å². The number of hydrogen-bond acceptors (Lipinski definition) is 5. The van der Waals surface area contributed by atoms with Crippen molar-refractivity contribution in [2.75, 3.05) is 0 Å². The van der Waals surface area contributed by atoms with E-state index in [0.29, 0.717) is 5.56 Å². The Labute approximate surface area is 98.0 Å². The number of benzene rings is 1. The summed E-state index contributed by atoms with van der Waals surface area (Å²) in [7, 11) is 0. The summed E-state index contributed by atoms with van der Waals surface area (Å²) >= 11 is 0. The first-order valence-electron chi connectivity index (χ1n) is 4.84. The van der Waals surface area contributed by atoms with E-state index in [4.69, 9.17) is 4.74 Å². The Bertz CT molecular complexity index is 394. The Kier molecular flexibility index (Phi) is 4.30. The highest BCUT2D eigenvalue weighted by Crippen LogP contribution is 2.19. The quantitative estimate of drug-likeness (QED) is 0.342. The summed E-state index contributed by atoms with van der Waals surface area (Å²) in [6, 6.07) is 8.59. The average molecular weight is 238 g/mol. The molecule has 2 unspecified atom stereocenters. The lowest BCUT2D eigenvalue weighted by Crippen LogP contribution is -2.47. The van der Waals surface area contributed by atoms with E-state index in [1.165, 1.54) is 0 Å². The van der Waals surface area contributed by atoms with Crippen molar-refractivity contribution in [1.82, 2.24) is 0 Å². The van der Waals surface area contributed by atoms with Gasteiger partial charge in [0.15, 0.2) is 0 Å². The molecule has 1 aromatic rings. The Morgan fingerprint density at radius 3 is 2.59 bits per heavy atom. The van der Waals surface area contributed by atoms with Crippen LogP contribution in [-0.4, -0.2) is 22.2 Å². The molecule has 2 atom stereocenters. The molecule has 0 saturated carbocycles. The van der Waals surface area contributed by atoms with Gasteiger partial charge in [0.2, 0.25) is 0 Å². The first kappa shape index (κ1) is 13.3. The molecule has 0 aliphatic heterocycles. The molecular formula is C11H12NO5. The molecule has 0 saturated heterocycles. The Hall–Kier alpha value is -1.79. The van der Waals surface area contributed by atoms with Crippen LogP contribution in [0.15, 0.2) is 30.3 Å². The number of aliphatic hydroxyl groups is 1. The van der Waals surface area contributed by atoms with E-state index in [-0.39, 0.29) is 12.9 Å². The Morgan fingerprint density at radius 1 is 1.53 bits per heavy atom. The maximum Gasteiger partial charge on any atom is 0.449 e. The van der Waals surface area contributed by atoms with Gasteiger partial charge in [-0.15, -0.1) is 0 Å². The van der Waals surface area contributed by atoms with Gasteiger partial charge in [0, 0.05) is 0 Å². The van der Waals surface area contributed by atoms with Crippen LogP contribution in [0.25, 0.3) is 0 Å². The largest absolute Gasteiger partial charge is 0.449 e. The standard InChI is InChI=1S/C11H12NO5/c1-9(7-13)11(14,12(15)16)17-8-10-5-3-2-4-6-10/h2-7,9,14H,1,8H2. The predicted octanol–water partition coefficient (Wildman–Crippen LogP) is 0.775. The summed E-state index contributed by atoms with van der Waals surface area (Å²) in [6.07, 6.45) is 0.174. The lowest BCUT2D eigenvalue weighted by Gasteiger charge is -2.21. The minimum atomic E-state index is -2.79. The van der Waals surface area contributed by atoms with E-state index >= 15 is 0 Å². The average Bonchev–Trinajstić information content (AvgIpc) is 2.35. The maximum absolute atomic E-state index is 10.7. The summed E-state index contributed by atoms with van der Waals surface area (Å²) < 4.78 is 4.79. The number of aldehydes is 1. The fourth-order valence-electron chi connectivity index (χ4n) is 1.15. The SMILES string of the molecule is [CH2]C(C=O)C(O)(OCc1ccccc1)[N+](=O)[O-]. The molecule has 0 aliphatic carbocycles. The van der Waals surface area contributed by atoms with Crippen LogP contribution in [0.3, 0.4) is 0 Å². The zero-order chi connectivity index (χ0) is 12.9. The third-order valence-corrected chi connectivity index (χ3v) is 2.20. The van der Waals surface area contributed by atoms with Gasteiger partial charge < -0.3 is 9.90 Å². The zero-order valence-corrected chi connectivity index (χ0v) is 8.98. The fourth-order valence-corrected chi connectivity index (χ4v) is 1.15. The highest BCUT2D eigenvalue weighted by atomic mass is 16.8. The first-order chi connectivity index (χ1) is 8.00. The molecule has 1 rings (SSSR count). The van der Waals surface area contributed by atoms with Gasteiger partial charge in [-0.1, -0.05) is 30.3 Å². The van der Waals surface area contributed by atoms with E-state index in [2.05, 4.69) is 6.92 Å². The van der Waals surface area contributed by atoms with Gasteiger partial charge in [-0.05, 0) is 12.5 Å². The van der Waals surface area contributed by atoms with Crippen LogP contribution in [-0.2, 0) is 16.1 Å². The van der Waals surface area contributed by atoms with Crippen LogP contribution in [0, 0.1) is 23.0 Å². The van der Waals surface area contributed by atoms with Gasteiger partial charge in [0.25, 0.3) is 0 Å². The van der Waals surface area contributed by atoms with E-state index in [1.54, 1.807) is 30.3 Å². The lowest BCUT2D eigenvalue weighted by atomic mass is 10.1. The second-order valence-corrected chi connectivity index (χ2v) is 3.43. The Balaban J connectivity index is 2.75. The van der Waals surface area contributed by atoms with Crippen LogP contribution in [0.4, 0.5) is 0 Å². The molecule has 6 heteroatoms. The molecule has 0 aliphatic rings. The normalized spacial score (nSPS) is 15.9. The molecule has 1 aromatic carbocycles. The van der Waals surface area contributed by atoms with Gasteiger partial charge in [-0.25, -0.2) is 0 Å². The molecule has 1 radical (unpaired) electrons. The molecule has 0 aromatic heterocycles. The molecule has 91 valence electrons. The third kappa shape index (κ3) is 3.08. The van der Waals surface area contributed by atoms with Crippen LogP contribution < -0.4 is 0 Å². The summed E-state index contributed by atoms with van der Waals surface area (Å²) in [5.41, 5.74) is 0.644. The lowest BCUT2D eigenvalue weighted by molar-refractivity contribution is -0.695. The first-order valence-corrected chi connectivity index (χ1v) is 4.84. The highest BCUT2D eigenvalue weighted by molar-refractivity contribution is 5.55. The van der Waals surface area contributed by atoms with Crippen molar-refractivity contribution in [3.05, 3.63) is 52.9 Å². The molecule has 6 nitrogen and oxygen atoms in total. The van der Waals surface area contributed by atoms with Gasteiger partial charge in [-0.3, -0.25) is 14.9 Å². The van der Waals surface area contributed by atoms with Crippen molar-refractivity contribution >= 4 is 6.29 Å². The van der Waals surface area contributed by atoms with Crippen LogP contribution in [0.2, 0.25) is 0 Å². The highest BCUT2D eigenvalue weighted by Gasteiger charge is 2.48. The van der Waals surface area contributed by atoms with Crippen molar-refractivity contribution in [1.29, 1.82) is 0 Å². The maximum atomic E-state index is 10.7. The topological polar surface area (TPSA) is 89.7 Å². The Morgan fingerprint density at radius 2 is 2.12 bits per heavy atom. The molecular weight excluding hydrogens is 226 g/mol. The van der Waals surface area contributed by atoms with Crippen LogP contribution in [0.1, 0.15) is 5.56 Å². The smallest absolute Gasteiger partial charge is 0.306 e. The molecule has 0 bridgehead atoms. The second-order valence-electron chi connectivity index (χ2n) is 3.43. The number of ether oxygens (including phenoxy) is 1. The van der Waals surface area contributed by atoms with Crippen LogP contribution in [0.5, 0.6) is 0 Å². The summed E-state index contributed by atoms with van der Waals surface area (Å²) in [5, 5.41) is 20.3. The number of nitrogens with zero attached hydrogens (tertiary/aromatic N) is 1. The number of nitro groups is 1. The van der Waals surface area contributed by atoms with Crippen molar-refractivity contribution < 1.29 is 19.6 Å². The van der Waals surface area contributed by atoms with Gasteiger partial charge in [0.1, 0.15) is 12.2 Å². The molecule has 17 heavy (non-hydrogen) atoms. The van der Waals surface area contributed by atoms with Crippen molar-refractivity contribution in [2.45, 2.75) is 12.5 Å². The molecule has 0 amide bonds.